The molecule has 0 N–H and O–H groups in total. The van der Waals surface area contributed by atoms with E-state index in [1.807, 2.05) is 37.3 Å². The fourth-order valence-electron chi connectivity index (χ4n) is 2.94. The zero-order valence-corrected chi connectivity index (χ0v) is 18.8. The Morgan fingerprint density at radius 1 is 1.00 bits per heavy atom. The number of nitrogens with zero attached hydrogens (tertiary/aromatic N) is 3. The SMILES string of the molecule is CCCN(C(=O)COc1ccccc1)c1nnc(-c2cc(OC)c(OC)c(OC)c2)s1. The summed E-state index contributed by atoms with van der Waals surface area (Å²) < 4.78 is 21.8. The maximum atomic E-state index is 12.8. The molecule has 0 aliphatic heterocycles. The van der Waals surface area contributed by atoms with E-state index >= 15 is 0 Å². The summed E-state index contributed by atoms with van der Waals surface area (Å²) in [6.45, 7) is 2.43. The minimum atomic E-state index is -0.182. The van der Waals surface area contributed by atoms with Crippen LogP contribution in [-0.4, -0.2) is 50.6 Å². The highest BCUT2D eigenvalue weighted by atomic mass is 32.1. The van der Waals surface area contributed by atoms with Crippen LogP contribution in [0, 0.1) is 0 Å². The molecule has 164 valence electrons. The molecule has 0 atom stereocenters. The lowest BCUT2D eigenvalue weighted by Gasteiger charge is -2.18. The van der Waals surface area contributed by atoms with Crippen LogP contribution in [0.2, 0.25) is 0 Å². The van der Waals surface area contributed by atoms with E-state index in [9.17, 15) is 4.79 Å². The van der Waals surface area contributed by atoms with Crippen molar-refractivity contribution < 1.29 is 23.7 Å². The number of ether oxygens (including phenoxy) is 4. The number of para-hydroxylation sites is 1. The molecule has 2 aromatic carbocycles. The third-order valence-corrected chi connectivity index (χ3v) is 5.41. The lowest BCUT2D eigenvalue weighted by atomic mass is 10.2. The first-order valence-corrected chi connectivity index (χ1v) is 10.5. The first kappa shape index (κ1) is 22.4. The van der Waals surface area contributed by atoms with Crippen molar-refractivity contribution in [3.05, 3.63) is 42.5 Å². The summed E-state index contributed by atoms with van der Waals surface area (Å²) in [5, 5.41) is 9.66. The molecular weight excluding hydrogens is 418 g/mol. The van der Waals surface area contributed by atoms with E-state index in [0.717, 1.165) is 12.0 Å². The van der Waals surface area contributed by atoms with E-state index in [4.69, 9.17) is 18.9 Å². The quantitative estimate of drug-likeness (QED) is 0.467. The molecule has 1 heterocycles. The van der Waals surface area contributed by atoms with E-state index in [0.29, 0.717) is 39.7 Å². The molecule has 0 fully saturated rings. The molecule has 31 heavy (non-hydrogen) atoms. The highest BCUT2D eigenvalue weighted by molar-refractivity contribution is 7.18. The molecular formula is C22H25N3O5S. The molecule has 0 unspecified atom stereocenters. The molecule has 3 aromatic rings. The Balaban J connectivity index is 1.83. The lowest BCUT2D eigenvalue weighted by Crippen LogP contribution is -2.35. The molecule has 0 saturated heterocycles. The van der Waals surface area contributed by atoms with Gasteiger partial charge in [0.05, 0.1) is 21.3 Å². The Labute approximate surface area is 185 Å². The number of anilines is 1. The van der Waals surface area contributed by atoms with Gasteiger partial charge in [-0.2, -0.15) is 0 Å². The smallest absolute Gasteiger partial charge is 0.266 e. The number of methoxy groups -OCH3 is 3. The first-order chi connectivity index (χ1) is 15.1. The van der Waals surface area contributed by atoms with Crippen molar-refractivity contribution >= 4 is 22.4 Å². The van der Waals surface area contributed by atoms with Crippen LogP contribution in [-0.2, 0) is 4.79 Å². The number of amides is 1. The number of carbonyl (C=O) groups excluding carboxylic acids is 1. The van der Waals surface area contributed by atoms with Gasteiger partial charge in [-0.05, 0) is 30.7 Å². The summed E-state index contributed by atoms with van der Waals surface area (Å²) >= 11 is 1.31. The second kappa shape index (κ2) is 10.6. The van der Waals surface area contributed by atoms with Gasteiger partial charge in [-0.25, -0.2) is 0 Å². The summed E-state index contributed by atoms with van der Waals surface area (Å²) in [6.07, 6.45) is 0.774. The van der Waals surface area contributed by atoms with Crippen LogP contribution >= 0.6 is 11.3 Å². The number of hydrogen-bond acceptors (Lipinski definition) is 8. The Morgan fingerprint density at radius 3 is 2.26 bits per heavy atom. The van der Waals surface area contributed by atoms with Crippen molar-refractivity contribution in [3.63, 3.8) is 0 Å². The lowest BCUT2D eigenvalue weighted by molar-refractivity contribution is -0.120. The van der Waals surface area contributed by atoms with Gasteiger partial charge in [0.2, 0.25) is 10.9 Å². The van der Waals surface area contributed by atoms with Crippen molar-refractivity contribution in [2.24, 2.45) is 0 Å². The van der Waals surface area contributed by atoms with Gasteiger partial charge in [0.1, 0.15) is 10.8 Å². The minimum absolute atomic E-state index is 0.0802. The number of hydrogen-bond donors (Lipinski definition) is 0. The van der Waals surface area contributed by atoms with Gasteiger partial charge in [-0.15, -0.1) is 10.2 Å². The van der Waals surface area contributed by atoms with Crippen LogP contribution in [0.15, 0.2) is 42.5 Å². The zero-order chi connectivity index (χ0) is 22.2. The first-order valence-electron chi connectivity index (χ1n) is 9.73. The van der Waals surface area contributed by atoms with Crippen molar-refractivity contribution in [3.8, 4) is 33.6 Å². The number of aromatic nitrogens is 2. The molecule has 8 nitrogen and oxygen atoms in total. The fourth-order valence-corrected chi connectivity index (χ4v) is 3.81. The van der Waals surface area contributed by atoms with Crippen LogP contribution in [0.1, 0.15) is 13.3 Å². The van der Waals surface area contributed by atoms with Crippen LogP contribution in [0.4, 0.5) is 5.13 Å². The Morgan fingerprint density at radius 2 is 1.68 bits per heavy atom. The molecule has 0 radical (unpaired) electrons. The van der Waals surface area contributed by atoms with E-state index < -0.39 is 0 Å². The second-order valence-corrected chi connectivity index (χ2v) is 7.41. The van der Waals surface area contributed by atoms with Crippen LogP contribution in [0.5, 0.6) is 23.0 Å². The number of rotatable bonds is 10. The van der Waals surface area contributed by atoms with Crippen molar-refractivity contribution in [1.82, 2.24) is 10.2 Å². The monoisotopic (exact) mass is 443 g/mol. The molecule has 9 heteroatoms. The predicted octanol–water partition coefficient (Wildman–Crippen LogP) is 4.05. The average molecular weight is 444 g/mol. The predicted molar refractivity (Wildman–Crippen MR) is 120 cm³/mol. The minimum Gasteiger partial charge on any atom is -0.493 e. The van der Waals surface area contributed by atoms with E-state index in [2.05, 4.69) is 10.2 Å². The van der Waals surface area contributed by atoms with Gasteiger partial charge in [0, 0.05) is 12.1 Å². The van der Waals surface area contributed by atoms with Crippen LogP contribution < -0.4 is 23.8 Å². The largest absolute Gasteiger partial charge is 0.493 e. The molecule has 0 spiro atoms. The number of carbonyl (C=O) groups is 1. The molecule has 1 amide bonds. The summed E-state index contributed by atoms with van der Waals surface area (Å²) in [7, 11) is 4.66. The summed E-state index contributed by atoms with van der Waals surface area (Å²) in [4.78, 5) is 14.4. The summed E-state index contributed by atoms with van der Waals surface area (Å²) in [5.41, 5.74) is 0.752. The van der Waals surface area contributed by atoms with Crippen molar-refractivity contribution in [2.45, 2.75) is 13.3 Å². The topological polar surface area (TPSA) is 83.0 Å². The average Bonchev–Trinajstić information content (AvgIpc) is 3.30. The highest BCUT2D eigenvalue weighted by Gasteiger charge is 2.22. The van der Waals surface area contributed by atoms with Crippen molar-refractivity contribution in [1.29, 1.82) is 0 Å². The van der Waals surface area contributed by atoms with Crippen molar-refractivity contribution in [2.75, 3.05) is 39.4 Å². The van der Waals surface area contributed by atoms with Gasteiger partial charge in [-0.3, -0.25) is 9.69 Å². The van der Waals surface area contributed by atoms with Crippen LogP contribution in [0.25, 0.3) is 10.6 Å². The van der Waals surface area contributed by atoms with Gasteiger partial charge in [0.25, 0.3) is 5.91 Å². The molecule has 0 bridgehead atoms. The standard InChI is InChI=1S/C22H25N3O5S/c1-5-11-25(19(26)14-30-16-9-7-6-8-10-16)22-24-23-21(31-22)15-12-17(27-2)20(29-4)18(13-15)28-3/h6-10,12-13H,5,11,14H2,1-4H3. The maximum Gasteiger partial charge on any atom is 0.266 e. The molecule has 1 aromatic heterocycles. The normalized spacial score (nSPS) is 10.5. The Hall–Kier alpha value is -3.33. The van der Waals surface area contributed by atoms with Gasteiger partial charge >= 0.3 is 0 Å². The Kier molecular flexibility index (Phi) is 7.66. The van der Waals surface area contributed by atoms with E-state index in [1.54, 1.807) is 38.4 Å². The summed E-state index contributed by atoms with van der Waals surface area (Å²) in [5.74, 6) is 2.00. The van der Waals surface area contributed by atoms with Crippen LogP contribution in [0.3, 0.4) is 0 Å². The fraction of sp³-hybridized carbons (Fsp3) is 0.318. The number of benzene rings is 2. The van der Waals surface area contributed by atoms with Gasteiger partial charge < -0.3 is 18.9 Å². The third-order valence-electron chi connectivity index (χ3n) is 4.41. The van der Waals surface area contributed by atoms with Gasteiger partial charge in [0.15, 0.2) is 18.1 Å². The third kappa shape index (κ3) is 5.24. The van der Waals surface area contributed by atoms with E-state index in [1.165, 1.54) is 11.3 Å². The highest BCUT2D eigenvalue weighted by Crippen LogP contribution is 2.42. The second-order valence-electron chi connectivity index (χ2n) is 6.45. The maximum absolute atomic E-state index is 12.8. The zero-order valence-electron chi connectivity index (χ0n) is 18.0. The van der Waals surface area contributed by atoms with E-state index in [-0.39, 0.29) is 12.5 Å². The summed E-state index contributed by atoms with van der Waals surface area (Å²) in [6, 6.07) is 12.8. The molecule has 0 aliphatic rings. The molecule has 3 rings (SSSR count). The molecule has 0 aliphatic carbocycles. The Bertz CT molecular complexity index is 984. The van der Waals surface area contributed by atoms with Gasteiger partial charge in [-0.1, -0.05) is 36.5 Å². The molecule has 0 saturated carbocycles.